The molecule has 3 rings (SSSR count). The van der Waals surface area contributed by atoms with Gasteiger partial charge in [-0.3, -0.25) is 10.2 Å². The standard InChI is InChI=1S/C17H14Cl2N2O2/c1-11-10-17(23,13-4-8-15(19)9-5-13)21(20-11)16(22)12-2-6-14(18)7-3-12/h2-9,20,23H,1,10H2. The van der Waals surface area contributed by atoms with Crippen LogP contribution in [0.3, 0.4) is 0 Å². The number of rotatable bonds is 2. The Morgan fingerprint density at radius 2 is 1.61 bits per heavy atom. The summed E-state index contributed by atoms with van der Waals surface area (Å²) in [5, 5.41) is 13.4. The molecular weight excluding hydrogens is 335 g/mol. The van der Waals surface area contributed by atoms with Crippen molar-refractivity contribution < 1.29 is 9.90 Å². The van der Waals surface area contributed by atoms with Gasteiger partial charge in [0.05, 0.1) is 0 Å². The van der Waals surface area contributed by atoms with Crippen LogP contribution in [0.25, 0.3) is 0 Å². The van der Waals surface area contributed by atoms with E-state index >= 15 is 0 Å². The maximum Gasteiger partial charge on any atom is 0.275 e. The largest absolute Gasteiger partial charge is 0.365 e. The van der Waals surface area contributed by atoms with Crippen LogP contribution < -0.4 is 5.43 Å². The van der Waals surface area contributed by atoms with E-state index < -0.39 is 5.72 Å². The third kappa shape index (κ3) is 2.93. The zero-order valence-corrected chi connectivity index (χ0v) is 13.6. The van der Waals surface area contributed by atoms with Gasteiger partial charge < -0.3 is 5.11 Å². The average molecular weight is 349 g/mol. The molecule has 0 radical (unpaired) electrons. The van der Waals surface area contributed by atoms with E-state index in [4.69, 9.17) is 23.2 Å². The Morgan fingerprint density at radius 1 is 1.09 bits per heavy atom. The van der Waals surface area contributed by atoms with Gasteiger partial charge in [0.2, 0.25) is 0 Å². The number of nitrogens with zero attached hydrogens (tertiary/aromatic N) is 1. The fourth-order valence-electron chi connectivity index (χ4n) is 2.56. The first-order valence-electron chi connectivity index (χ1n) is 6.93. The van der Waals surface area contributed by atoms with Crippen molar-refractivity contribution in [2.75, 3.05) is 0 Å². The summed E-state index contributed by atoms with van der Waals surface area (Å²) in [5.41, 5.74) is 2.82. The van der Waals surface area contributed by atoms with Crippen LogP contribution in [0.2, 0.25) is 10.0 Å². The van der Waals surface area contributed by atoms with Crippen molar-refractivity contribution in [3.8, 4) is 0 Å². The van der Waals surface area contributed by atoms with Gasteiger partial charge in [-0.1, -0.05) is 41.9 Å². The minimum atomic E-state index is -1.53. The Labute approximate surface area is 143 Å². The van der Waals surface area contributed by atoms with Gasteiger partial charge in [0, 0.05) is 33.3 Å². The first kappa shape index (κ1) is 15.9. The molecule has 118 valence electrons. The van der Waals surface area contributed by atoms with E-state index in [9.17, 15) is 9.90 Å². The van der Waals surface area contributed by atoms with E-state index in [1.165, 1.54) is 5.01 Å². The smallest absolute Gasteiger partial charge is 0.275 e. The fraction of sp³-hybridized carbons (Fsp3) is 0.118. The van der Waals surface area contributed by atoms with Crippen molar-refractivity contribution >= 4 is 29.1 Å². The van der Waals surface area contributed by atoms with Crippen LogP contribution in [0.15, 0.2) is 60.8 Å². The molecule has 0 aromatic heterocycles. The Hall–Kier alpha value is -2.01. The van der Waals surface area contributed by atoms with Gasteiger partial charge in [-0.15, -0.1) is 0 Å². The molecule has 1 aliphatic heterocycles. The Bertz CT molecular complexity index is 759. The maximum absolute atomic E-state index is 12.8. The molecule has 23 heavy (non-hydrogen) atoms. The SMILES string of the molecule is C=C1CC(O)(c2ccc(Cl)cc2)N(C(=O)c2ccc(Cl)cc2)N1. The molecule has 2 N–H and O–H groups in total. The number of carbonyl (C=O) groups excluding carboxylic acids is 1. The predicted molar refractivity (Wildman–Crippen MR) is 89.9 cm³/mol. The Balaban J connectivity index is 1.99. The van der Waals surface area contributed by atoms with Crippen LogP contribution in [-0.2, 0) is 5.72 Å². The van der Waals surface area contributed by atoms with Crippen molar-refractivity contribution in [1.82, 2.24) is 10.4 Å². The molecule has 0 bridgehead atoms. The van der Waals surface area contributed by atoms with E-state index in [1.54, 1.807) is 48.5 Å². The number of amides is 1. The minimum absolute atomic E-state index is 0.188. The molecule has 1 atom stereocenters. The van der Waals surface area contributed by atoms with Crippen molar-refractivity contribution in [1.29, 1.82) is 0 Å². The average Bonchev–Trinajstić information content (AvgIpc) is 2.84. The van der Waals surface area contributed by atoms with Crippen molar-refractivity contribution in [3.63, 3.8) is 0 Å². The van der Waals surface area contributed by atoms with Gasteiger partial charge in [0.15, 0.2) is 5.72 Å². The Morgan fingerprint density at radius 3 is 2.17 bits per heavy atom. The van der Waals surface area contributed by atoms with Crippen LogP contribution in [-0.4, -0.2) is 16.0 Å². The predicted octanol–water partition coefficient (Wildman–Crippen LogP) is 3.70. The molecule has 1 heterocycles. The molecule has 2 aromatic rings. The summed E-state index contributed by atoms with van der Waals surface area (Å²) in [6.45, 7) is 3.82. The molecule has 4 nitrogen and oxygen atoms in total. The molecule has 0 spiro atoms. The van der Waals surface area contributed by atoms with Crippen LogP contribution in [0.4, 0.5) is 0 Å². The number of aliphatic hydroxyl groups is 1. The molecule has 0 aliphatic carbocycles. The molecule has 2 aromatic carbocycles. The number of nitrogens with one attached hydrogen (secondary N) is 1. The molecule has 1 amide bonds. The van der Waals surface area contributed by atoms with Crippen LogP contribution >= 0.6 is 23.2 Å². The normalized spacial score (nSPS) is 20.5. The van der Waals surface area contributed by atoms with Crippen LogP contribution in [0.5, 0.6) is 0 Å². The van der Waals surface area contributed by atoms with Gasteiger partial charge in [-0.05, 0) is 36.4 Å². The molecule has 0 saturated carbocycles. The summed E-state index contributed by atoms with van der Waals surface area (Å²) >= 11 is 11.7. The number of carbonyl (C=O) groups is 1. The second kappa shape index (κ2) is 5.89. The topological polar surface area (TPSA) is 52.6 Å². The summed E-state index contributed by atoms with van der Waals surface area (Å²) in [6, 6.07) is 13.2. The number of hydrogen-bond acceptors (Lipinski definition) is 3. The van der Waals surface area contributed by atoms with E-state index in [0.717, 1.165) is 0 Å². The third-order valence-corrected chi connectivity index (χ3v) is 4.20. The van der Waals surface area contributed by atoms with Gasteiger partial charge in [-0.2, -0.15) is 0 Å². The van der Waals surface area contributed by atoms with Crippen LogP contribution in [0, 0.1) is 0 Å². The highest BCUT2D eigenvalue weighted by Gasteiger charge is 2.46. The third-order valence-electron chi connectivity index (χ3n) is 3.70. The van der Waals surface area contributed by atoms with E-state index in [1.807, 2.05) is 0 Å². The molecular formula is C17H14Cl2N2O2. The van der Waals surface area contributed by atoms with Gasteiger partial charge in [0.25, 0.3) is 5.91 Å². The summed E-state index contributed by atoms with van der Waals surface area (Å²) in [5.74, 6) is -0.377. The maximum atomic E-state index is 12.8. The zero-order chi connectivity index (χ0) is 16.6. The Kier molecular flexibility index (Phi) is 4.06. The summed E-state index contributed by atoms with van der Waals surface area (Å²) in [6.07, 6.45) is 0.188. The zero-order valence-electron chi connectivity index (χ0n) is 12.1. The molecule has 6 heteroatoms. The second-order valence-electron chi connectivity index (χ2n) is 5.36. The van der Waals surface area contributed by atoms with Crippen molar-refractivity contribution in [3.05, 3.63) is 82.0 Å². The number of benzene rings is 2. The number of hydrazine groups is 1. The molecule has 1 unspecified atom stereocenters. The first-order chi connectivity index (χ1) is 10.9. The number of hydrogen-bond donors (Lipinski definition) is 2. The summed E-state index contributed by atoms with van der Waals surface area (Å²) < 4.78 is 0. The quantitative estimate of drug-likeness (QED) is 0.869. The van der Waals surface area contributed by atoms with Gasteiger partial charge >= 0.3 is 0 Å². The fourth-order valence-corrected chi connectivity index (χ4v) is 2.81. The molecule has 1 fully saturated rings. The monoisotopic (exact) mass is 348 g/mol. The lowest BCUT2D eigenvalue weighted by Crippen LogP contribution is -2.49. The lowest BCUT2D eigenvalue weighted by molar-refractivity contribution is -0.0835. The van der Waals surface area contributed by atoms with E-state index in [2.05, 4.69) is 12.0 Å². The van der Waals surface area contributed by atoms with Crippen molar-refractivity contribution in [2.45, 2.75) is 12.1 Å². The highest BCUT2D eigenvalue weighted by Crippen LogP contribution is 2.37. The first-order valence-corrected chi connectivity index (χ1v) is 7.69. The van der Waals surface area contributed by atoms with E-state index in [0.29, 0.717) is 26.9 Å². The number of halogens is 2. The van der Waals surface area contributed by atoms with Crippen molar-refractivity contribution in [2.24, 2.45) is 0 Å². The molecule has 1 aliphatic rings. The van der Waals surface area contributed by atoms with Gasteiger partial charge in [-0.25, -0.2) is 5.01 Å². The van der Waals surface area contributed by atoms with Crippen LogP contribution in [0.1, 0.15) is 22.3 Å². The lowest BCUT2D eigenvalue weighted by Gasteiger charge is -2.32. The highest BCUT2D eigenvalue weighted by atomic mass is 35.5. The second-order valence-corrected chi connectivity index (χ2v) is 6.24. The summed E-state index contributed by atoms with van der Waals surface area (Å²) in [7, 11) is 0. The lowest BCUT2D eigenvalue weighted by atomic mass is 9.98. The summed E-state index contributed by atoms with van der Waals surface area (Å²) in [4.78, 5) is 12.8. The minimum Gasteiger partial charge on any atom is -0.365 e. The van der Waals surface area contributed by atoms with E-state index in [-0.39, 0.29) is 12.3 Å². The van der Waals surface area contributed by atoms with Gasteiger partial charge in [0.1, 0.15) is 0 Å². The highest BCUT2D eigenvalue weighted by molar-refractivity contribution is 6.30. The molecule has 1 saturated heterocycles.